The number of carbonyl (C=O) groups excluding carboxylic acids is 2. The number of rotatable bonds is 52. The molecule has 0 bridgehead atoms. The fourth-order valence-corrected chi connectivity index (χ4v) is 8.93. The van der Waals surface area contributed by atoms with Gasteiger partial charge in [0, 0.05) is 12.8 Å². The van der Waals surface area contributed by atoms with Gasteiger partial charge in [0.1, 0.15) is 19.8 Å². The average molecular weight is 943 g/mol. The van der Waals surface area contributed by atoms with Gasteiger partial charge in [0.15, 0.2) is 6.10 Å². The van der Waals surface area contributed by atoms with E-state index in [-0.39, 0.29) is 25.6 Å². The van der Waals surface area contributed by atoms with Gasteiger partial charge in [-0.05, 0) is 38.5 Å². The molecule has 0 aromatic rings. The normalized spacial score (nSPS) is 13.4. The van der Waals surface area contributed by atoms with Crippen molar-refractivity contribution in [3.8, 4) is 0 Å². The van der Waals surface area contributed by atoms with Gasteiger partial charge in [-0.2, -0.15) is 0 Å². The molecule has 0 aromatic carbocycles. The molecular formula is C55H109NO8P+. The minimum absolute atomic E-state index is 0.0334. The standard InChI is InChI=1S/C55H108NO8P/c1-6-8-10-12-14-16-18-20-21-22-23-24-25-26-27-28-29-30-31-32-33-34-35-36-38-39-41-43-45-47-54(57)61-51-53(52-63-65(59,60)62-50-49-56(3,4)5)64-55(58)48-46-44-42-40-37-19-17-15-13-11-9-7-2/h15,17,53H,6-14,16,18-52H2,1-5H3/p+1/b17-15-. The molecule has 0 saturated carbocycles. The summed E-state index contributed by atoms with van der Waals surface area (Å²) >= 11 is 0. The molecule has 0 heterocycles. The summed E-state index contributed by atoms with van der Waals surface area (Å²) in [6.45, 7) is 4.44. The highest BCUT2D eigenvalue weighted by Crippen LogP contribution is 2.43. The number of nitrogens with zero attached hydrogens (tertiary/aromatic N) is 1. The number of phosphoric ester groups is 1. The lowest BCUT2D eigenvalue weighted by Crippen LogP contribution is -2.37. The van der Waals surface area contributed by atoms with E-state index in [0.29, 0.717) is 23.9 Å². The second-order valence-electron chi connectivity index (χ2n) is 20.3. The van der Waals surface area contributed by atoms with Crippen molar-refractivity contribution >= 4 is 19.8 Å². The number of carbonyl (C=O) groups is 2. The smallest absolute Gasteiger partial charge is 0.462 e. The van der Waals surface area contributed by atoms with Gasteiger partial charge in [0.2, 0.25) is 0 Å². The van der Waals surface area contributed by atoms with Crippen LogP contribution in [0.1, 0.15) is 277 Å². The summed E-state index contributed by atoms with van der Waals surface area (Å²) in [6.07, 6.45) is 54.4. The van der Waals surface area contributed by atoms with E-state index in [0.717, 1.165) is 51.4 Å². The Morgan fingerprint density at radius 3 is 1.17 bits per heavy atom. The van der Waals surface area contributed by atoms with E-state index in [1.807, 2.05) is 21.1 Å². The number of ether oxygens (including phenoxy) is 2. The zero-order valence-electron chi connectivity index (χ0n) is 43.8. The van der Waals surface area contributed by atoms with Crippen LogP contribution in [0.15, 0.2) is 12.2 Å². The van der Waals surface area contributed by atoms with E-state index in [2.05, 4.69) is 26.0 Å². The minimum Gasteiger partial charge on any atom is -0.462 e. The molecule has 0 aliphatic heterocycles. The first-order valence-electron chi connectivity index (χ1n) is 27.9. The van der Waals surface area contributed by atoms with Gasteiger partial charge in [0.25, 0.3) is 0 Å². The summed E-state index contributed by atoms with van der Waals surface area (Å²) in [7, 11) is 1.49. The van der Waals surface area contributed by atoms with Crippen LogP contribution in [0, 0.1) is 0 Å². The number of quaternary nitrogens is 1. The average Bonchev–Trinajstić information content (AvgIpc) is 3.26. The lowest BCUT2D eigenvalue weighted by molar-refractivity contribution is -0.870. The van der Waals surface area contributed by atoms with Crippen LogP contribution in [-0.2, 0) is 32.7 Å². The van der Waals surface area contributed by atoms with E-state index < -0.39 is 26.5 Å². The van der Waals surface area contributed by atoms with E-state index in [1.165, 1.54) is 193 Å². The Kier molecular flexibility index (Phi) is 46.9. The van der Waals surface area contributed by atoms with Crippen LogP contribution in [0.2, 0.25) is 0 Å². The van der Waals surface area contributed by atoms with Crippen LogP contribution in [-0.4, -0.2) is 74.9 Å². The molecule has 0 aliphatic carbocycles. The number of allylic oxidation sites excluding steroid dienone is 2. The first-order valence-corrected chi connectivity index (χ1v) is 29.4. The third kappa shape index (κ3) is 52.0. The highest BCUT2D eigenvalue weighted by Gasteiger charge is 2.27. The lowest BCUT2D eigenvalue weighted by atomic mass is 10.0. The van der Waals surface area contributed by atoms with Crippen molar-refractivity contribution in [2.75, 3.05) is 47.5 Å². The van der Waals surface area contributed by atoms with Crippen molar-refractivity contribution in [2.45, 2.75) is 283 Å². The first-order chi connectivity index (χ1) is 31.5. The second-order valence-corrected chi connectivity index (χ2v) is 21.8. The van der Waals surface area contributed by atoms with E-state index in [1.54, 1.807) is 0 Å². The summed E-state index contributed by atoms with van der Waals surface area (Å²) in [5, 5.41) is 0. The number of esters is 2. The monoisotopic (exact) mass is 943 g/mol. The van der Waals surface area contributed by atoms with Crippen LogP contribution in [0.5, 0.6) is 0 Å². The molecule has 0 spiro atoms. The van der Waals surface area contributed by atoms with Gasteiger partial charge in [-0.1, -0.05) is 238 Å². The summed E-state index contributed by atoms with van der Waals surface area (Å²) in [6, 6.07) is 0. The predicted octanol–water partition coefficient (Wildman–Crippen LogP) is 16.9. The van der Waals surface area contributed by atoms with Crippen LogP contribution in [0.25, 0.3) is 0 Å². The Morgan fingerprint density at radius 2 is 0.785 bits per heavy atom. The molecular weight excluding hydrogens is 834 g/mol. The van der Waals surface area contributed by atoms with Crippen molar-refractivity contribution in [1.82, 2.24) is 0 Å². The Balaban J connectivity index is 3.98. The van der Waals surface area contributed by atoms with E-state index >= 15 is 0 Å². The van der Waals surface area contributed by atoms with E-state index in [4.69, 9.17) is 18.5 Å². The summed E-state index contributed by atoms with van der Waals surface area (Å²) in [5.41, 5.74) is 0. The van der Waals surface area contributed by atoms with Crippen LogP contribution in [0.3, 0.4) is 0 Å². The summed E-state index contributed by atoms with van der Waals surface area (Å²) < 4.78 is 34.4. The molecule has 0 aromatic heterocycles. The number of hydrogen-bond donors (Lipinski definition) is 1. The number of phosphoric acid groups is 1. The molecule has 0 aliphatic rings. The molecule has 10 heteroatoms. The first kappa shape index (κ1) is 63.8. The maximum atomic E-state index is 12.7. The number of unbranched alkanes of at least 4 members (excludes halogenated alkanes) is 36. The SMILES string of the molecule is CCCCC/C=C\CCCCCCCC(=O)OC(COC(=O)CCCCCCCCCCCCCCCCCCCCCCCCCCCCCCC)COP(=O)(O)OCC[N+](C)(C)C. The zero-order chi connectivity index (χ0) is 47.8. The van der Waals surface area contributed by atoms with Gasteiger partial charge >= 0.3 is 19.8 Å². The fraction of sp³-hybridized carbons (Fsp3) is 0.927. The van der Waals surface area contributed by atoms with Gasteiger partial charge in [-0.3, -0.25) is 18.6 Å². The number of hydrogen-bond acceptors (Lipinski definition) is 7. The maximum absolute atomic E-state index is 12.7. The Labute approximate surface area is 403 Å². The Morgan fingerprint density at radius 1 is 0.462 bits per heavy atom. The largest absolute Gasteiger partial charge is 0.472 e. The van der Waals surface area contributed by atoms with Gasteiger partial charge in [0.05, 0.1) is 27.7 Å². The molecule has 0 fully saturated rings. The maximum Gasteiger partial charge on any atom is 0.472 e. The van der Waals surface area contributed by atoms with Crippen molar-refractivity contribution in [2.24, 2.45) is 0 Å². The van der Waals surface area contributed by atoms with E-state index in [9.17, 15) is 19.0 Å². The van der Waals surface area contributed by atoms with Crippen LogP contribution in [0.4, 0.5) is 0 Å². The molecule has 9 nitrogen and oxygen atoms in total. The quantitative estimate of drug-likeness (QED) is 0.0211. The molecule has 386 valence electrons. The molecule has 65 heavy (non-hydrogen) atoms. The molecule has 2 unspecified atom stereocenters. The number of likely N-dealkylation sites (N-methyl/N-ethyl adjacent to an activating group) is 1. The topological polar surface area (TPSA) is 108 Å². The Hall–Kier alpha value is -1.25. The highest BCUT2D eigenvalue weighted by atomic mass is 31.2. The molecule has 0 amide bonds. The van der Waals surface area contributed by atoms with Gasteiger partial charge < -0.3 is 18.9 Å². The van der Waals surface area contributed by atoms with Crippen molar-refractivity contribution < 1.29 is 42.1 Å². The third-order valence-corrected chi connectivity index (χ3v) is 13.5. The van der Waals surface area contributed by atoms with Gasteiger partial charge in [-0.15, -0.1) is 0 Å². The van der Waals surface area contributed by atoms with Crippen LogP contribution >= 0.6 is 7.82 Å². The predicted molar refractivity (Wildman–Crippen MR) is 275 cm³/mol. The molecule has 0 rings (SSSR count). The zero-order valence-corrected chi connectivity index (χ0v) is 44.6. The van der Waals surface area contributed by atoms with Crippen molar-refractivity contribution in [3.05, 3.63) is 12.2 Å². The third-order valence-electron chi connectivity index (χ3n) is 12.5. The summed E-state index contributed by atoms with van der Waals surface area (Å²) in [4.78, 5) is 35.5. The molecule has 0 radical (unpaired) electrons. The van der Waals surface area contributed by atoms with Crippen molar-refractivity contribution in [1.29, 1.82) is 0 Å². The summed E-state index contributed by atoms with van der Waals surface area (Å²) in [5.74, 6) is -0.794. The van der Waals surface area contributed by atoms with Crippen molar-refractivity contribution in [3.63, 3.8) is 0 Å². The fourth-order valence-electron chi connectivity index (χ4n) is 8.19. The second kappa shape index (κ2) is 47.8. The Bertz CT molecular complexity index is 1110. The lowest BCUT2D eigenvalue weighted by Gasteiger charge is -2.24. The van der Waals surface area contributed by atoms with Gasteiger partial charge in [-0.25, -0.2) is 4.57 Å². The highest BCUT2D eigenvalue weighted by molar-refractivity contribution is 7.47. The minimum atomic E-state index is -4.38. The molecule has 2 atom stereocenters. The van der Waals surface area contributed by atoms with Crippen LogP contribution < -0.4 is 0 Å². The molecule has 1 N–H and O–H groups in total. The molecule has 0 saturated heterocycles.